The molecule has 9 nitrogen and oxygen atoms in total. The van der Waals surface area contributed by atoms with Gasteiger partial charge in [0.05, 0.1) is 21.2 Å². The number of anilines is 3. The topological polar surface area (TPSA) is 122 Å². The summed E-state index contributed by atoms with van der Waals surface area (Å²) in [6, 6.07) is 14.7. The highest BCUT2D eigenvalue weighted by Crippen LogP contribution is 2.37. The van der Waals surface area contributed by atoms with Crippen LogP contribution in [0.3, 0.4) is 0 Å². The Morgan fingerprint density at radius 3 is 2.46 bits per heavy atom. The van der Waals surface area contributed by atoms with E-state index < -0.39 is 39.9 Å². The van der Waals surface area contributed by atoms with Gasteiger partial charge in [0.15, 0.2) is 0 Å². The third-order valence-electron chi connectivity index (χ3n) is 4.88. The van der Waals surface area contributed by atoms with Crippen molar-refractivity contribution in [2.24, 2.45) is 0 Å². The van der Waals surface area contributed by atoms with Gasteiger partial charge in [0.2, 0.25) is 11.6 Å². The molecule has 13 heteroatoms. The molecule has 0 aliphatic heterocycles. The number of aromatic nitrogens is 2. The van der Waals surface area contributed by atoms with Gasteiger partial charge in [0.25, 0.3) is 5.91 Å². The van der Waals surface area contributed by atoms with Crippen molar-refractivity contribution in [2.45, 2.75) is 6.18 Å². The molecule has 4 rings (SSSR count). The molecule has 0 aliphatic carbocycles. The highest BCUT2D eigenvalue weighted by atomic mass is 35.5. The van der Waals surface area contributed by atoms with E-state index in [2.05, 4.69) is 26.1 Å². The number of amides is 1. The van der Waals surface area contributed by atoms with Gasteiger partial charge in [-0.1, -0.05) is 48.0 Å². The number of alkyl halides is 3. The number of rotatable bonds is 6. The first kappa shape index (κ1) is 23.7. The molecule has 35 heavy (non-hydrogen) atoms. The van der Waals surface area contributed by atoms with Gasteiger partial charge in [-0.15, -0.1) is 0 Å². The normalized spacial score (nSPS) is 11.2. The van der Waals surface area contributed by atoms with Gasteiger partial charge in [0, 0.05) is 5.56 Å². The lowest BCUT2D eigenvalue weighted by Crippen LogP contribution is -2.30. The lowest BCUT2D eigenvalue weighted by molar-refractivity contribution is -0.383. The summed E-state index contributed by atoms with van der Waals surface area (Å²) in [6.45, 7) is 0. The minimum absolute atomic E-state index is 0.121. The van der Waals surface area contributed by atoms with Crippen LogP contribution in [0.15, 0.2) is 67.0 Å². The molecule has 1 heterocycles. The van der Waals surface area contributed by atoms with Crippen LogP contribution < -0.4 is 16.2 Å². The second-order valence-electron chi connectivity index (χ2n) is 7.10. The van der Waals surface area contributed by atoms with Crippen molar-refractivity contribution in [1.29, 1.82) is 0 Å². The summed E-state index contributed by atoms with van der Waals surface area (Å²) in [7, 11) is 0. The maximum absolute atomic E-state index is 13.1. The van der Waals surface area contributed by atoms with E-state index in [1.165, 1.54) is 0 Å². The fourth-order valence-electron chi connectivity index (χ4n) is 3.27. The molecule has 1 aromatic heterocycles. The molecule has 0 fully saturated rings. The molecular formula is C22H14ClF3N6O3. The number of halogens is 4. The number of carbonyl (C=O) groups is 1. The van der Waals surface area contributed by atoms with Gasteiger partial charge in [-0.2, -0.15) is 13.2 Å². The molecule has 0 bridgehead atoms. The van der Waals surface area contributed by atoms with Gasteiger partial charge >= 0.3 is 11.9 Å². The Kier molecular flexibility index (Phi) is 6.38. The van der Waals surface area contributed by atoms with Crippen molar-refractivity contribution in [3.63, 3.8) is 0 Å². The van der Waals surface area contributed by atoms with E-state index >= 15 is 0 Å². The van der Waals surface area contributed by atoms with Gasteiger partial charge in [-0.25, -0.2) is 9.97 Å². The second-order valence-corrected chi connectivity index (χ2v) is 7.51. The molecule has 3 N–H and O–H groups in total. The molecule has 3 aromatic carbocycles. The van der Waals surface area contributed by atoms with E-state index in [-0.39, 0.29) is 10.7 Å². The molecule has 0 saturated carbocycles. The Balaban J connectivity index is 1.62. The number of nitrogens with zero attached hydrogens (tertiary/aromatic N) is 3. The van der Waals surface area contributed by atoms with Crippen molar-refractivity contribution in [3.8, 4) is 0 Å². The Morgan fingerprint density at radius 2 is 1.71 bits per heavy atom. The third-order valence-corrected chi connectivity index (χ3v) is 5.21. The maximum atomic E-state index is 13.1. The average Bonchev–Trinajstić information content (AvgIpc) is 2.82. The predicted octanol–water partition coefficient (Wildman–Crippen LogP) is 5.71. The lowest BCUT2D eigenvalue weighted by Gasteiger charge is -2.14. The minimum Gasteiger partial charge on any atom is -0.333 e. The van der Waals surface area contributed by atoms with Crippen LogP contribution in [0.4, 0.5) is 36.2 Å². The SMILES string of the molecule is O=C(NNc1ncnc(Nc2cc(C(F)(F)F)ccc2Cl)c1[N+](=O)[O-])c1cccc2ccccc12. The van der Waals surface area contributed by atoms with Crippen LogP contribution in [0.1, 0.15) is 15.9 Å². The summed E-state index contributed by atoms with van der Waals surface area (Å²) in [6.07, 6.45) is -3.72. The number of benzene rings is 3. The molecule has 0 unspecified atom stereocenters. The third kappa shape index (κ3) is 5.06. The zero-order valence-electron chi connectivity index (χ0n) is 17.4. The van der Waals surface area contributed by atoms with Crippen LogP contribution in [0.5, 0.6) is 0 Å². The van der Waals surface area contributed by atoms with E-state index in [1.807, 2.05) is 18.2 Å². The molecule has 4 aromatic rings. The van der Waals surface area contributed by atoms with Crippen molar-refractivity contribution in [1.82, 2.24) is 15.4 Å². The summed E-state index contributed by atoms with van der Waals surface area (Å²) < 4.78 is 39.2. The standard InChI is InChI=1S/C22H14ClF3N6O3/c23-16-9-8-13(22(24,25)26)10-17(16)29-19-18(32(34)35)20(28-11-27-19)30-31-21(33)15-7-3-5-12-4-1-2-6-14(12)15/h1-11H,(H,31,33)(H2,27,28,29,30). The van der Waals surface area contributed by atoms with Gasteiger partial charge in [0.1, 0.15) is 6.33 Å². The van der Waals surface area contributed by atoms with Crippen LogP contribution in [0, 0.1) is 10.1 Å². The lowest BCUT2D eigenvalue weighted by atomic mass is 10.0. The molecular weight excluding hydrogens is 489 g/mol. The maximum Gasteiger partial charge on any atom is 0.416 e. The predicted molar refractivity (Wildman–Crippen MR) is 123 cm³/mol. The zero-order valence-corrected chi connectivity index (χ0v) is 18.2. The van der Waals surface area contributed by atoms with Crippen molar-refractivity contribution >= 4 is 51.3 Å². The quantitative estimate of drug-likeness (QED) is 0.228. The molecule has 0 radical (unpaired) electrons. The van der Waals surface area contributed by atoms with Gasteiger partial charge in [-0.3, -0.25) is 25.8 Å². The first-order valence-corrected chi connectivity index (χ1v) is 10.2. The Hall–Kier alpha value is -4.45. The second kappa shape index (κ2) is 9.43. The van der Waals surface area contributed by atoms with Crippen molar-refractivity contribution in [2.75, 3.05) is 10.7 Å². The van der Waals surface area contributed by atoms with Crippen LogP contribution in [-0.2, 0) is 6.18 Å². The molecule has 178 valence electrons. The summed E-state index contributed by atoms with van der Waals surface area (Å²) >= 11 is 5.97. The Morgan fingerprint density at radius 1 is 1.00 bits per heavy atom. The number of carbonyl (C=O) groups excluding carboxylic acids is 1. The Bertz CT molecular complexity index is 1440. The van der Waals surface area contributed by atoms with Crippen molar-refractivity contribution in [3.05, 3.63) is 93.3 Å². The number of hydrogen-bond acceptors (Lipinski definition) is 7. The van der Waals surface area contributed by atoms with E-state index in [0.29, 0.717) is 17.0 Å². The smallest absolute Gasteiger partial charge is 0.333 e. The fourth-order valence-corrected chi connectivity index (χ4v) is 3.43. The van der Waals surface area contributed by atoms with Crippen LogP contribution in [-0.4, -0.2) is 20.8 Å². The number of fused-ring (bicyclic) bond motifs is 1. The molecule has 0 saturated heterocycles. The van der Waals surface area contributed by atoms with Gasteiger partial charge in [-0.05, 0) is 35.0 Å². The molecule has 0 spiro atoms. The summed E-state index contributed by atoms with van der Waals surface area (Å²) in [5, 5.41) is 15.6. The summed E-state index contributed by atoms with van der Waals surface area (Å²) in [4.78, 5) is 31.2. The molecule has 0 aliphatic rings. The minimum atomic E-state index is -4.66. The zero-order chi connectivity index (χ0) is 25.2. The summed E-state index contributed by atoms with van der Waals surface area (Å²) in [5.74, 6) is -1.43. The monoisotopic (exact) mass is 502 g/mol. The number of hydrogen-bond donors (Lipinski definition) is 3. The highest BCUT2D eigenvalue weighted by Gasteiger charge is 2.31. The molecule has 1 amide bonds. The number of nitrogens with one attached hydrogen (secondary N) is 3. The Labute approximate surface area is 200 Å². The average molecular weight is 503 g/mol. The van der Waals surface area contributed by atoms with E-state index in [0.717, 1.165) is 23.8 Å². The van der Waals surface area contributed by atoms with E-state index in [4.69, 9.17) is 11.6 Å². The van der Waals surface area contributed by atoms with E-state index in [1.54, 1.807) is 24.3 Å². The summed E-state index contributed by atoms with van der Waals surface area (Å²) in [5.41, 5.74) is 3.05. The number of nitro groups is 1. The van der Waals surface area contributed by atoms with Crippen molar-refractivity contribution < 1.29 is 22.9 Å². The molecule has 0 atom stereocenters. The van der Waals surface area contributed by atoms with Gasteiger partial charge < -0.3 is 5.32 Å². The van der Waals surface area contributed by atoms with E-state index in [9.17, 15) is 28.1 Å². The fraction of sp³-hybridized carbons (Fsp3) is 0.0455. The number of hydrazine groups is 1. The highest BCUT2D eigenvalue weighted by molar-refractivity contribution is 6.33. The first-order valence-electron chi connectivity index (χ1n) is 9.82. The van der Waals surface area contributed by atoms with Crippen LogP contribution in [0.25, 0.3) is 10.8 Å². The van der Waals surface area contributed by atoms with Crippen LogP contribution >= 0.6 is 11.6 Å². The van der Waals surface area contributed by atoms with Crippen LogP contribution in [0.2, 0.25) is 5.02 Å². The first-order chi connectivity index (χ1) is 16.6. The largest absolute Gasteiger partial charge is 0.416 e.